The third kappa shape index (κ3) is 4.45. The molecule has 5 aromatic rings. The van der Waals surface area contributed by atoms with Gasteiger partial charge in [0, 0.05) is 23.5 Å². The highest BCUT2D eigenvalue weighted by Gasteiger charge is 2.24. The van der Waals surface area contributed by atoms with Crippen molar-refractivity contribution >= 4 is 17.1 Å². The third-order valence-electron chi connectivity index (χ3n) is 6.31. The highest BCUT2D eigenvalue weighted by atomic mass is 16.7. The molecular formula is C30H28N2O3. The summed E-state index contributed by atoms with van der Waals surface area (Å²) in [6.45, 7) is 7.02. The first kappa shape index (κ1) is 22.5. The average molecular weight is 465 g/mol. The summed E-state index contributed by atoms with van der Waals surface area (Å²) in [4.78, 5) is 11.8. The molecule has 0 saturated carbocycles. The molecule has 0 aliphatic rings. The molecule has 3 aromatic carbocycles. The Morgan fingerprint density at radius 3 is 2.20 bits per heavy atom. The number of hydrogen-bond acceptors (Lipinski definition) is 2. The molecule has 0 spiro atoms. The number of carbonyl (C=O) groups is 1. The van der Waals surface area contributed by atoms with Crippen LogP contribution in [0.1, 0.15) is 31.9 Å². The van der Waals surface area contributed by atoms with Gasteiger partial charge >= 0.3 is 6.16 Å². The maximum absolute atomic E-state index is 11.8. The molecule has 2 heterocycles. The molecule has 0 aliphatic carbocycles. The van der Waals surface area contributed by atoms with Gasteiger partial charge in [0.25, 0.3) is 0 Å². The highest BCUT2D eigenvalue weighted by Crippen LogP contribution is 2.42. The maximum atomic E-state index is 11.8. The van der Waals surface area contributed by atoms with E-state index >= 15 is 0 Å². The summed E-state index contributed by atoms with van der Waals surface area (Å²) in [6, 6.07) is 28.5. The van der Waals surface area contributed by atoms with Crippen LogP contribution in [0, 0.1) is 0 Å². The van der Waals surface area contributed by atoms with Crippen molar-refractivity contribution in [2.75, 3.05) is 0 Å². The minimum absolute atomic E-state index is 0.0157. The van der Waals surface area contributed by atoms with Crippen LogP contribution in [0.5, 0.6) is 5.88 Å². The zero-order valence-electron chi connectivity index (χ0n) is 20.1. The summed E-state index contributed by atoms with van der Waals surface area (Å²) in [7, 11) is 0. The first-order valence-corrected chi connectivity index (χ1v) is 11.7. The second-order valence-electron chi connectivity index (χ2n) is 9.74. The van der Waals surface area contributed by atoms with Crippen LogP contribution in [-0.4, -0.2) is 20.4 Å². The molecule has 2 aromatic heterocycles. The molecule has 1 N–H and O–H groups in total. The summed E-state index contributed by atoms with van der Waals surface area (Å²) in [5.74, 6) is 0.324. The summed E-state index contributed by atoms with van der Waals surface area (Å²) in [6.07, 6.45) is 2.66. The lowest BCUT2D eigenvalue weighted by atomic mass is 9.86. The van der Waals surface area contributed by atoms with Crippen LogP contribution in [0.4, 0.5) is 4.79 Å². The Kier molecular flexibility index (Phi) is 5.69. The Labute approximate surface area is 204 Å². The van der Waals surface area contributed by atoms with Crippen LogP contribution in [0.15, 0.2) is 97.3 Å². The van der Waals surface area contributed by atoms with Gasteiger partial charge in [0.05, 0.1) is 17.6 Å². The number of aromatic nitrogens is 2. The van der Waals surface area contributed by atoms with Crippen LogP contribution < -0.4 is 4.74 Å². The van der Waals surface area contributed by atoms with Crippen molar-refractivity contribution in [3.05, 3.63) is 108 Å². The molecule has 0 aliphatic heterocycles. The van der Waals surface area contributed by atoms with Gasteiger partial charge in [-0.15, -0.1) is 0 Å². The van der Waals surface area contributed by atoms with Gasteiger partial charge in [0.2, 0.25) is 5.88 Å². The quantitative estimate of drug-likeness (QED) is 0.274. The Morgan fingerprint density at radius 2 is 1.57 bits per heavy atom. The fourth-order valence-electron chi connectivity index (χ4n) is 4.51. The van der Waals surface area contributed by atoms with Crippen LogP contribution in [-0.2, 0) is 12.0 Å². The molecule has 176 valence electrons. The molecule has 0 radical (unpaired) electrons. The van der Waals surface area contributed by atoms with E-state index in [9.17, 15) is 9.90 Å². The largest absolute Gasteiger partial charge is 0.512 e. The predicted molar refractivity (Wildman–Crippen MR) is 140 cm³/mol. The van der Waals surface area contributed by atoms with E-state index < -0.39 is 6.16 Å². The van der Waals surface area contributed by atoms with Crippen molar-refractivity contribution in [1.29, 1.82) is 0 Å². The smallest absolute Gasteiger partial charge is 0.449 e. The van der Waals surface area contributed by atoms with E-state index in [0.717, 1.165) is 33.3 Å². The fourth-order valence-corrected chi connectivity index (χ4v) is 4.51. The number of fused-ring (bicyclic) bond motifs is 1. The van der Waals surface area contributed by atoms with Gasteiger partial charge in [0.1, 0.15) is 0 Å². The second-order valence-corrected chi connectivity index (χ2v) is 9.74. The summed E-state index contributed by atoms with van der Waals surface area (Å²) < 4.78 is 9.48. The number of benzene rings is 3. The van der Waals surface area contributed by atoms with Crippen LogP contribution in [0.2, 0.25) is 0 Å². The topological polar surface area (TPSA) is 56.4 Å². The van der Waals surface area contributed by atoms with E-state index in [2.05, 4.69) is 51.1 Å². The first-order chi connectivity index (χ1) is 16.8. The maximum Gasteiger partial charge on any atom is 0.512 e. The van der Waals surface area contributed by atoms with Gasteiger partial charge in [-0.1, -0.05) is 75.4 Å². The summed E-state index contributed by atoms with van der Waals surface area (Å²) >= 11 is 0. The molecule has 5 nitrogen and oxygen atoms in total. The molecule has 0 unspecified atom stereocenters. The zero-order chi connectivity index (χ0) is 24.6. The van der Waals surface area contributed by atoms with Crippen molar-refractivity contribution in [2.24, 2.45) is 0 Å². The van der Waals surface area contributed by atoms with Crippen LogP contribution >= 0.6 is 0 Å². The first-order valence-electron chi connectivity index (χ1n) is 11.7. The van der Waals surface area contributed by atoms with E-state index in [1.165, 1.54) is 5.56 Å². The number of hydrogen-bond donors (Lipinski definition) is 1. The van der Waals surface area contributed by atoms with Crippen molar-refractivity contribution in [1.82, 2.24) is 9.13 Å². The van der Waals surface area contributed by atoms with E-state index in [-0.39, 0.29) is 5.41 Å². The third-order valence-corrected chi connectivity index (χ3v) is 6.31. The van der Waals surface area contributed by atoms with Gasteiger partial charge in [-0.05, 0) is 52.4 Å². The predicted octanol–water partition coefficient (Wildman–Crippen LogP) is 7.50. The number of nitrogens with zero attached hydrogens (tertiary/aromatic N) is 2. The van der Waals surface area contributed by atoms with E-state index in [1.54, 1.807) is 0 Å². The van der Waals surface area contributed by atoms with Gasteiger partial charge in [-0.25, -0.2) is 4.79 Å². The number of rotatable bonds is 5. The van der Waals surface area contributed by atoms with Crippen molar-refractivity contribution in [3.8, 4) is 22.7 Å². The van der Waals surface area contributed by atoms with Crippen molar-refractivity contribution in [3.63, 3.8) is 0 Å². The molecule has 35 heavy (non-hydrogen) atoms. The fraction of sp³-hybridized carbons (Fsp3) is 0.167. The molecule has 5 rings (SSSR count). The van der Waals surface area contributed by atoms with Crippen molar-refractivity contribution < 1.29 is 14.6 Å². The Bertz CT molecular complexity index is 1470. The molecule has 5 heteroatoms. The minimum atomic E-state index is -1.33. The monoisotopic (exact) mass is 464 g/mol. The average Bonchev–Trinajstić information content (AvgIpc) is 3.46. The van der Waals surface area contributed by atoms with Gasteiger partial charge in [0.15, 0.2) is 0 Å². The van der Waals surface area contributed by atoms with Gasteiger partial charge in [-0.2, -0.15) is 0 Å². The minimum Gasteiger partial charge on any atom is -0.449 e. The van der Waals surface area contributed by atoms with Crippen LogP contribution in [0.3, 0.4) is 0 Å². The lowest BCUT2D eigenvalue weighted by molar-refractivity contribution is 0.141. The number of carboxylic acid groups (broad SMARTS) is 1. The molecule has 0 bridgehead atoms. The summed E-state index contributed by atoms with van der Waals surface area (Å²) in [5, 5.41) is 10.6. The zero-order valence-corrected chi connectivity index (χ0v) is 20.1. The Hall–Kier alpha value is -4.25. The normalized spacial score (nSPS) is 11.6. The highest BCUT2D eigenvalue weighted by molar-refractivity contribution is 6.01. The lowest BCUT2D eigenvalue weighted by Gasteiger charge is -2.19. The van der Waals surface area contributed by atoms with E-state index in [4.69, 9.17) is 4.74 Å². The summed E-state index contributed by atoms with van der Waals surface area (Å²) in [5.41, 5.74) is 5.88. The Balaban J connectivity index is 1.77. The molecule has 0 fully saturated rings. The standard InChI is InChI=1S/C30H28N2O3/c1-30(2,3)23-13-11-22(12-14-23)27-25-19-24(31-17-7-8-18-31)15-16-26(25)32(28(27)35-29(33)34)20-21-9-5-4-6-10-21/h4-19H,20H2,1-3H3,(H,33,34). The van der Waals surface area contributed by atoms with E-state index in [1.807, 2.05) is 76.1 Å². The van der Waals surface area contributed by atoms with Gasteiger partial charge < -0.3 is 19.0 Å². The van der Waals surface area contributed by atoms with Crippen molar-refractivity contribution in [2.45, 2.75) is 32.7 Å². The molecule has 0 saturated heterocycles. The molecular weight excluding hydrogens is 436 g/mol. The van der Waals surface area contributed by atoms with Gasteiger partial charge in [-0.3, -0.25) is 0 Å². The SMILES string of the molecule is CC(C)(C)c1ccc(-c2c(OC(=O)O)n(Cc3ccccc3)c3ccc(-n4cccc4)cc23)cc1. The number of ether oxygens (including phenoxy) is 1. The van der Waals surface area contributed by atoms with Crippen LogP contribution in [0.25, 0.3) is 27.7 Å². The lowest BCUT2D eigenvalue weighted by Crippen LogP contribution is -2.11. The second kappa shape index (κ2) is 8.84. The molecule has 0 atom stereocenters. The Morgan fingerprint density at radius 1 is 0.886 bits per heavy atom. The van der Waals surface area contributed by atoms with E-state index in [0.29, 0.717) is 12.4 Å². The molecule has 0 amide bonds.